The highest BCUT2D eigenvalue weighted by molar-refractivity contribution is 7.92. The summed E-state index contributed by atoms with van der Waals surface area (Å²) < 4.78 is 25.9. The van der Waals surface area contributed by atoms with Gasteiger partial charge in [0.25, 0.3) is 0 Å². The second kappa shape index (κ2) is 8.53. The largest absolute Gasteiger partial charge is 0.348 e. The number of hydrogen-bond donors (Lipinski definition) is 1. The lowest BCUT2D eigenvalue weighted by Gasteiger charge is -2.29. The van der Waals surface area contributed by atoms with E-state index in [9.17, 15) is 13.2 Å². The molecule has 2 aromatic carbocycles. The summed E-state index contributed by atoms with van der Waals surface area (Å²) in [5.74, 6) is -0.380. The van der Waals surface area contributed by atoms with Crippen LogP contribution in [0, 0.1) is 20.8 Å². The first-order valence-electron chi connectivity index (χ1n) is 9.05. The molecule has 2 rings (SSSR count). The highest BCUT2D eigenvalue weighted by Gasteiger charge is 2.30. The molecule has 0 spiro atoms. The molecule has 0 radical (unpaired) electrons. The summed E-state index contributed by atoms with van der Waals surface area (Å²) in [5.41, 5.74) is 4.41. The number of benzene rings is 2. The van der Waals surface area contributed by atoms with Crippen LogP contribution in [0.2, 0.25) is 5.02 Å². The number of anilines is 1. The molecular formula is C21H27ClN2O3S. The summed E-state index contributed by atoms with van der Waals surface area (Å²) in [6.07, 6.45) is 1.08. The molecule has 0 aliphatic carbocycles. The third kappa shape index (κ3) is 5.06. The minimum Gasteiger partial charge on any atom is -0.348 e. The van der Waals surface area contributed by atoms with E-state index in [0.717, 1.165) is 32.8 Å². The predicted octanol–water partition coefficient (Wildman–Crippen LogP) is 4.30. The predicted molar refractivity (Wildman–Crippen MR) is 115 cm³/mol. The molecule has 2 atom stereocenters. The van der Waals surface area contributed by atoms with Crippen LogP contribution in [0.25, 0.3) is 0 Å². The zero-order valence-electron chi connectivity index (χ0n) is 17.1. The Morgan fingerprint density at radius 1 is 1.04 bits per heavy atom. The summed E-state index contributed by atoms with van der Waals surface area (Å²) in [5, 5.41) is 3.37. The third-order valence-electron chi connectivity index (χ3n) is 4.75. The van der Waals surface area contributed by atoms with Crippen molar-refractivity contribution >= 4 is 33.2 Å². The van der Waals surface area contributed by atoms with Crippen LogP contribution >= 0.6 is 11.6 Å². The number of hydrogen-bond acceptors (Lipinski definition) is 3. The average Bonchev–Trinajstić information content (AvgIpc) is 2.56. The molecule has 0 aromatic heterocycles. The number of amides is 1. The van der Waals surface area contributed by atoms with Crippen molar-refractivity contribution in [2.75, 3.05) is 10.6 Å². The lowest BCUT2D eigenvalue weighted by molar-refractivity contribution is -0.122. The topological polar surface area (TPSA) is 66.5 Å². The van der Waals surface area contributed by atoms with Crippen molar-refractivity contribution in [1.82, 2.24) is 5.32 Å². The number of nitrogens with one attached hydrogen (secondary N) is 1. The average molecular weight is 423 g/mol. The summed E-state index contributed by atoms with van der Waals surface area (Å²) in [4.78, 5) is 12.9. The molecule has 0 fully saturated rings. The SMILES string of the molecule is Cc1ccc([C@H](C)NC(=O)[C@H](C)N(c2ccc(C)c(Cl)c2)S(C)(=O)=O)c(C)c1. The van der Waals surface area contributed by atoms with Gasteiger partial charge < -0.3 is 5.32 Å². The lowest BCUT2D eigenvalue weighted by atomic mass is 10.00. The molecular weight excluding hydrogens is 396 g/mol. The van der Waals surface area contributed by atoms with Crippen LogP contribution in [0.3, 0.4) is 0 Å². The molecule has 0 bridgehead atoms. The highest BCUT2D eigenvalue weighted by Crippen LogP contribution is 2.27. The summed E-state index contributed by atoms with van der Waals surface area (Å²) >= 11 is 6.16. The van der Waals surface area contributed by atoms with Gasteiger partial charge in [-0.25, -0.2) is 8.42 Å². The van der Waals surface area contributed by atoms with E-state index >= 15 is 0 Å². The van der Waals surface area contributed by atoms with Gasteiger partial charge in [0.15, 0.2) is 0 Å². The summed E-state index contributed by atoms with van der Waals surface area (Å²) in [6.45, 7) is 9.29. The van der Waals surface area contributed by atoms with E-state index in [1.54, 1.807) is 25.1 Å². The van der Waals surface area contributed by atoms with Crippen molar-refractivity contribution in [2.45, 2.75) is 46.7 Å². The molecule has 28 heavy (non-hydrogen) atoms. The highest BCUT2D eigenvalue weighted by atomic mass is 35.5. The first-order chi connectivity index (χ1) is 12.9. The Kier molecular flexibility index (Phi) is 6.78. The van der Waals surface area contributed by atoms with Crippen LogP contribution in [0.1, 0.15) is 42.1 Å². The van der Waals surface area contributed by atoms with E-state index in [4.69, 9.17) is 11.6 Å². The first-order valence-corrected chi connectivity index (χ1v) is 11.3. The summed E-state index contributed by atoms with van der Waals surface area (Å²) in [7, 11) is -3.69. The van der Waals surface area contributed by atoms with Crippen LogP contribution in [0.4, 0.5) is 5.69 Å². The van der Waals surface area contributed by atoms with E-state index < -0.39 is 16.1 Å². The van der Waals surface area contributed by atoms with E-state index in [2.05, 4.69) is 11.4 Å². The molecule has 0 aliphatic rings. The second-order valence-corrected chi connectivity index (χ2v) is 9.53. The second-order valence-electron chi connectivity index (χ2n) is 7.26. The van der Waals surface area contributed by atoms with Crippen molar-refractivity contribution in [2.24, 2.45) is 0 Å². The molecule has 2 aromatic rings. The minimum absolute atomic E-state index is 0.251. The Labute approximate surface area is 172 Å². The molecule has 7 heteroatoms. The lowest BCUT2D eigenvalue weighted by Crippen LogP contribution is -2.48. The summed E-state index contributed by atoms with van der Waals surface area (Å²) in [6, 6.07) is 9.80. The van der Waals surface area contributed by atoms with Crippen molar-refractivity contribution < 1.29 is 13.2 Å². The first kappa shape index (κ1) is 22.2. The van der Waals surface area contributed by atoms with E-state index in [1.807, 2.05) is 39.8 Å². The van der Waals surface area contributed by atoms with Gasteiger partial charge in [-0.3, -0.25) is 9.10 Å². The van der Waals surface area contributed by atoms with E-state index in [1.165, 1.54) is 0 Å². The van der Waals surface area contributed by atoms with Gasteiger partial charge in [-0.05, 0) is 63.4 Å². The Hall–Kier alpha value is -2.05. The number of carbonyl (C=O) groups excluding carboxylic acids is 1. The third-order valence-corrected chi connectivity index (χ3v) is 6.40. The Morgan fingerprint density at radius 2 is 1.68 bits per heavy atom. The van der Waals surface area contributed by atoms with Crippen LogP contribution < -0.4 is 9.62 Å². The fraction of sp³-hybridized carbons (Fsp3) is 0.381. The van der Waals surface area contributed by atoms with Gasteiger partial charge in [-0.2, -0.15) is 0 Å². The van der Waals surface area contributed by atoms with Crippen LogP contribution in [-0.2, 0) is 14.8 Å². The quantitative estimate of drug-likeness (QED) is 0.754. The molecule has 1 amide bonds. The Balaban J connectivity index is 2.29. The number of sulfonamides is 1. The van der Waals surface area contributed by atoms with Gasteiger partial charge in [0.2, 0.25) is 15.9 Å². The normalized spacial score (nSPS) is 13.7. The van der Waals surface area contributed by atoms with Gasteiger partial charge in [0, 0.05) is 5.02 Å². The zero-order chi connectivity index (χ0) is 21.2. The van der Waals surface area contributed by atoms with Crippen LogP contribution in [-0.4, -0.2) is 26.6 Å². The van der Waals surface area contributed by atoms with E-state index in [0.29, 0.717) is 10.7 Å². The van der Waals surface area contributed by atoms with Gasteiger partial charge in [-0.15, -0.1) is 0 Å². The number of rotatable bonds is 6. The molecule has 0 unspecified atom stereocenters. The number of halogens is 1. The van der Waals surface area contributed by atoms with Crippen LogP contribution in [0.5, 0.6) is 0 Å². The van der Waals surface area contributed by atoms with Crippen molar-refractivity contribution in [3.63, 3.8) is 0 Å². The van der Waals surface area contributed by atoms with Crippen molar-refractivity contribution in [1.29, 1.82) is 0 Å². The maximum absolute atomic E-state index is 12.9. The minimum atomic E-state index is -3.69. The molecule has 5 nitrogen and oxygen atoms in total. The van der Waals surface area contributed by atoms with Crippen LogP contribution in [0.15, 0.2) is 36.4 Å². The Morgan fingerprint density at radius 3 is 2.21 bits per heavy atom. The van der Waals surface area contributed by atoms with Gasteiger partial charge in [0.05, 0.1) is 18.0 Å². The smallest absolute Gasteiger partial charge is 0.244 e. The Bertz CT molecular complexity index is 989. The fourth-order valence-corrected chi connectivity index (χ4v) is 4.59. The van der Waals surface area contributed by atoms with Crippen molar-refractivity contribution in [3.05, 3.63) is 63.7 Å². The molecule has 0 saturated carbocycles. The van der Waals surface area contributed by atoms with Gasteiger partial charge in [0.1, 0.15) is 6.04 Å². The standard InChI is InChI=1S/C21H27ClN2O3S/c1-13-7-10-19(15(3)11-13)16(4)23-21(25)17(5)24(28(6,26)27)18-9-8-14(2)20(22)12-18/h7-12,16-17H,1-6H3,(H,23,25)/t16-,17-/m0/s1. The maximum atomic E-state index is 12.9. The van der Waals surface area contributed by atoms with Crippen molar-refractivity contribution in [3.8, 4) is 0 Å². The monoisotopic (exact) mass is 422 g/mol. The molecule has 1 N–H and O–H groups in total. The van der Waals surface area contributed by atoms with Gasteiger partial charge >= 0.3 is 0 Å². The number of carbonyl (C=O) groups is 1. The van der Waals surface area contributed by atoms with E-state index in [-0.39, 0.29) is 11.9 Å². The molecule has 152 valence electrons. The molecule has 0 aliphatic heterocycles. The molecule has 0 heterocycles. The number of nitrogens with zero attached hydrogens (tertiary/aromatic N) is 1. The van der Waals surface area contributed by atoms with Gasteiger partial charge in [-0.1, -0.05) is 41.4 Å². The fourth-order valence-electron chi connectivity index (χ4n) is 3.25. The maximum Gasteiger partial charge on any atom is 0.244 e. The molecule has 0 saturated heterocycles. The zero-order valence-corrected chi connectivity index (χ0v) is 18.6. The number of aryl methyl sites for hydroxylation is 3.